The van der Waals surface area contributed by atoms with E-state index < -0.39 is 0 Å². The maximum absolute atomic E-state index is 9.47. The van der Waals surface area contributed by atoms with Gasteiger partial charge in [0.1, 0.15) is 35.4 Å². The molecule has 0 saturated carbocycles. The number of hydrogen-bond donors (Lipinski definition) is 0. The van der Waals surface area contributed by atoms with Crippen LogP contribution in [0, 0.1) is 45.3 Å². The molecule has 0 spiro atoms. The highest BCUT2D eigenvalue weighted by Gasteiger charge is 2.14. The Morgan fingerprint density at radius 1 is 0.533 bits per heavy atom. The van der Waals surface area contributed by atoms with E-state index in [-0.39, 0.29) is 11.1 Å². The zero-order valence-corrected chi connectivity index (χ0v) is 16.2. The topological polar surface area (TPSA) is 95.2 Å². The van der Waals surface area contributed by atoms with Crippen molar-refractivity contribution in [3.8, 4) is 24.3 Å². The van der Waals surface area contributed by atoms with Crippen LogP contribution in [0.2, 0.25) is 0 Å². The quantitative estimate of drug-likeness (QED) is 0.595. The molecule has 0 atom stereocenters. The monoisotopic (exact) mass is 384 g/mol. The van der Waals surface area contributed by atoms with Gasteiger partial charge in [-0.05, 0) is 70.8 Å². The van der Waals surface area contributed by atoms with Crippen molar-refractivity contribution in [1.82, 2.24) is 0 Å². The molecule has 7 rings (SSSR count). The molecule has 4 heteroatoms. The summed E-state index contributed by atoms with van der Waals surface area (Å²) in [6.07, 6.45) is 2.65. The summed E-state index contributed by atoms with van der Waals surface area (Å²) in [5, 5.41) is 41.5. The normalized spacial score (nSPS) is 12.0. The molecule has 3 aromatic carbocycles. The van der Waals surface area contributed by atoms with Crippen molar-refractivity contribution in [2.24, 2.45) is 0 Å². The van der Waals surface area contributed by atoms with Gasteiger partial charge in [-0.2, -0.15) is 21.0 Å². The van der Waals surface area contributed by atoms with Crippen LogP contribution in [0.1, 0.15) is 22.3 Å². The second-order valence-corrected chi connectivity index (χ2v) is 7.29. The van der Waals surface area contributed by atoms with E-state index in [4.69, 9.17) is 0 Å². The van der Waals surface area contributed by atoms with Crippen molar-refractivity contribution in [2.75, 3.05) is 0 Å². The Kier molecular flexibility index (Phi) is 5.01. The van der Waals surface area contributed by atoms with Crippen LogP contribution in [0.15, 0.2) is 48.5 Å². The molecule has 0 aromatic heterocycles. The van der Waals surface area contributed by atoms with E-state index in [1.165, 1.54) is 21.9 Å². The van der Waals surface area contributed by atoms with Crippen LogP contribution in [0.5, 0.6) is 0 Å². The standard InChI is InChI=1S/C26H16N4/c27-13-21(14-28)25-12-20-10-8-18-6-5-17(23-3-1-2-4-24(18)23)7-9-19(25)11-26(20)22(15-29)16-30/h1-6,11-12H,7-10H2. The predicted octanol–water partition coefficient (Wildman–Crippen LogP) is 3.12. The average Bonchev–Trinajstić information content (AvgIpc) is 2.78. The van der Waals surface area contributed by atoms with Gasteiger partial charge in [-0.1, -0.05) is 36.4 Å². The highest BCUT2D eigenvalue weighted by atomic mass is 14.3. The first-order chi connectivity index (χ1) is 14.7. The number of benzene rings is 3. The molecule has 0 amide bonds. The Morgan fingerprint density at radius 3 is 1.27 bits per heavy atom. The molecule has 0 N–H and O–H groups in total. The Morgan fingerprint density at radius 2 is 0.900 bits per heavy atom. The zero-order valence-electron chi connectivity index (χ0n) is 16.2. The van der Waals surface area contributed by atoms with E-state index in [0.29, 0.717) is 23.3 Å². The van der Waals surface area contributed by atoms with E-state index in [2.05, 4.69) is 24.3 Å². The summed E-state index contributed by atoms with van der Waals surface area (Å²) in [6, 6.07) is 24.3. The number of rotatable bonds is 0. The minimum Gasteiger partial charge on any atom is -0.192 e. The largest absolute Gasteiger partial charge is 0.192 e. The highest BCUT2D eigenvalue weighted by molar-refractivity contribution is 5.89. The second-order valence-electron chi connectivity index (χ2n) is 7.29. The Hall–Kier alpha value is -4.38. The SMILES string of the molecule is N#CC(C#N)=c1cc2c(=C(C#N)C#N)cc1CCc1ccc(c3ccccc13)CC2. The molecule has 4 aliphatic rings. The van der Waals surface area contributed by atoms with E-state index in [0.717, 1.165) is 24.0 Å². The maximum Gasteiger partial charge on any atom is 0.137 e. The molecular formula is C26H16N4. The molecular weight excluding hydrogens is 368 g/mol. The maximum atomic E-state index is 9.47. The number of aryl methyl sites for hydroxylation is 4. The van der Waals surface area contributed by atoms with Gasteiger partial charge in [-0.3, -0.25) is 0 Å². The minimum absolute atomic E-state index is 0.0593. The summed E-state index contributed by atoms with van der Waals surface area (Å²) >= 11 is 0. The fraction of sp³-hybridized carbons (Fsp3) is 0.154. The van der Waals surface area contributed by atoms with Gasteiger partial charge >= 0.3 is 0 Å². The molecule has 4 aliphatic carbocycles. The van der Waals surface area contributed by atoms with Gasteiger partial charge in [-0.25, -0.2) is 0 Å². The zero-order chi connectivity index (χ0) is 21.1. The molecule has 4 bridgehead atoms. The van der Waals surface area contributed by atoms with Crippen LogP contribution in [0.3, 0.4) is 0 Å². The van der Waals surface area contributed by atoms with E-state index >= 15 is 0 Å². The molecule has 4 nitrogen and oxygen atoms in total. The minimum atomic E-state index is 0.0593. The predicted molar refractivity (Wildman–Crippen MR) is 114 cm³/mol. The number of nitrogens with zero attached hydrogens (tertiary/aromatic N) is 4. The summed E-state index contributed by atoms with van der Waals surface area (Å²) < 4.78 is 0. The van der Waals surface area contributed by atoms with Crippen molar-refractivity contribution in [2.45, 2.75) is 25.7 Å². The molecule has 3 aromatic rings. The first-order valence-electron chi connectivity index (χ1n) is 9.70. The first kappa shape index (κ1) is 19.0. The van der Waals surface area contributed by atoms with Gasteiger partial charge in [0.25, 0.3) is 0 Å². The van der Waals surface area contributed by atoms with Gasteiger partial charge in [0.2, 0.25) is 0 Å². The summed E-state index contributed by atoms with van der Waals surface area (Å²) in [6.45, 7) is 0. The van der Waals surface area contributed by atoms with Crippen molar-refractivity contribution in [1.29, 1.82) is 21.0 Å². The van der Waals surface area contributed by atoms with Crippen LogP contribution >= 0.6 is 0 Å². The lowest BCUT2D eigenvalue weighted by atomic mass is 9.88. The van der Waals surface area contributed by atoms with Gasteiger partial charge in [0.15, 0.2) is 0 Å². The van der Waals surface area contributed by atoms with Crippen molar-refractivity contribution in [3.05, 3.63) is 81.2 Å². The Bertz CT molecular complexity index is 1340. The van der Waals surface area contributed by atoms with Gasteiger partial charge < -0.3 is 0 Å². The van der Waals surface area contributed by atoms with Gasteiger partial charge in [-0.15, -0.1) is 0 Å². The molecule has 0 aliphatic heterocycles. The van der Waals surface area contributed by atoms with Crippen molar-refractivity contribution < 1.29 is 0 Å². The van der Waals surface area contributed by atoms with Crippen molar-refractivity contribution >= 4 is 21.9 Å². The lowest BCUT2D eigenvalue weighted by Gasteiger charge is -2.15. The summed E-state index contributed by atoms with van der Waals surface area (Å²) in [7, 11) is 0. The average molecular weight is 384 g/mol. The lowest BCUT2D eigenvalue weighted by Crippen LogP contribution is -2.24. The third kappa shape index (κ3) is 3.18. The second kappa shape index (κ2) is 7.93. The molecule has 30 heavy (non-hydrogen) atoms. The van der Waals surface area contributed by atoms with Gasteiger partial charge in [0, 0.05) is 10.4 Å². The molecule has 0 unspecified atom stereocenters. The smallest absolute Gasteiger partial charge is 0.137 e. The Labute approximate surface area is 174 Å². The molecule has 0 heterocycles. The molecule has 140 valence electrons. The van der Waals surface area contributed by atoms with Crippen molar-refractivity contribution in [3.63, 3.8) is 0 Å². The first-order valence-corrected chi connectivity index (χ1v) is 9.70. The van der Waals surface area contributed by atoms with E-state index in [9.17, 15) is 21.0 Å². The van der Waals surface area contributed by atoms with E-state index in [1.807, 2.05) is 48.5 Å². The molecule has 0 fully saturated rings. The van der Waals surface area contributed by atoms with Crippen LogP contribution in [0.4, 0.5) is 0 Å². The third-order valence-corrected chi connectivity index (χ3v) is 5.75. The van der Waals surface area contributed by atoms with Crippen LogP contribution < -0.4 is 10.4 Å². The van der Waals surface area contributed by atoms with Crippen LogP contribution in [0.25, 0.3) is 21.9 Å². The van der Waals surface area contributed by atoms with E-state index in [1.54, 1.807) is 0 Å². The molecule has 0 saturated heterocycles. The fourth-order valence-corrected chi connectivity index (χ4v) is 4.26. The summed E-state index contributed by atoms with van der Waals surface area (Å²) in [5.74, 6) is 0. The number of hydrogen-bond acceptors (Lipinski definition) is 4. The Balaban J connectivity index is 2.08. The number of nitriles is 4. The highest BCUT2D eigenvalue weighted by Crippen LogP contribution is 2.25. The third-order valence-electron chi connectivity index (χ3n) is 5.75. The van der Waals surface area contributed by atoms with Gasteiger partial charge in [0.05, 0.1) is 0 Å². The fourth-order valence-electron chi connectivity index (χ4n) is 4.26. The summed E-state index contributed by atoms with van der Waals surface area (Å²) in [5.41, 5.74) is 4.14. The van der Waals surface area contributed by atoms with Crippen LogP contribution in [-0.2, 0) is 25.7 Å². The summed E-state index contributed by atoms with van der Waals surface area (Å²) in [4.78, 5) is 0. The van der Waals surface area contributed by atoms with Crippen LogP contribution in [-0.4, -0.2) is 0 Å². The molecule has 0 radical (unpaired) electrons. The lowest BCUT2D eigenvalue weighted by molar-refractivity contribution is 0.918.